The number of methoxy groups -OCH3 is 1. The predicted molar refractivity (Wildman–Crippen MR) is 127 cm³/mol. The summed E-state index contributed by atoms with van der Waals surface area (Å²) in [5, 5.41) is 0. The Labute approximate surface area is 188 Å². The highest BCUT2D eigenvalue weighted by atomic mass is 35.5. The first-order chi connectivity index (χ1) is 14.5. The van der Waals surface area contributed by atoms with E-state index < -0.39 is 0 Å². The quantitative estimate of drug-likeness (QED) is 0.406. The van der Waals surface area contributed by atoms with E-state index in [4.69, 9.17) is 16.3 Å². The van der Waals surface area contributed by atoms with Crippen molar-refractivity contribution in [3.8, 4) is 5.75 Å². The van der Waals surface area contributed by atoms with Crippen molar-refractivity contribution in [1.29, 1.82) is 0 Å². The number of benzene rings is 1. The molecule has 4 rings (SSSR count). The van der Waals surface area contributed by atoms with E-state index in [0.717, 1.165) is 55.4 Å². The molecule has 158 valence electrons. The number of halogens is 1. The number of nitrogens with zero attached hydrogens (tertiary/aromatic N) is 1. The second-order valence-electron chi connectivity index (χ2n) is 8.09. The summed E-state index contributed by atoms with van der Waals surface area (Å²) in [5.74, 6) is 1.18. The third-order valence-electron chi connectivity index (χ3n) is 6.01. The molecule has 3 nitrogen and oxygen atoms in total. The van der Waals surface area contributed by atoms with Crippen LogP contribution in [0.1, 0.15) is 60.6 Å². The fourth-order valence-electron chi connectivity index (χ4n) is 4.41. The molecule has 1 fully saturated rings. The first-order valence-corrected chi connectivity index (χ1v) is 11.8. The third kappa shape index (κ3) is 4.72. The number of fused-ring (bicyclic) bond motifs is 2. The Morgan fingerprint density at radius 3 is 2.67 bits per heavy atom. The number of hydrogen-bond acceptors (Lipinski definition) is 4. The Morgan fingerprint density at radius 2 is 1.93 bits per heavy atom. The van der Waals surface area contributed by atoms with Gasteiger partial charge in [-0.15, -0.1) is 11.3 Å². The van der Waals surface area contributed by atoms with Gasteiger partial charge < -0.3 is 14.4 Å². The summed E-state index contributed by atoms with van der Waals surface area (Å²) in [5.41, 5.74) is 6.55. The van der Waals surface area contributed by atoms with E-state index in [-0.39, 0.29) is 0 Å². The van der Waals surface area contributed by atoms with Gasteiger partial charge >= 0.3 is 0 Å². The molecule has 5 heteroatoms. The maximum atomic E-state index is 11.1. The zero-order chi connectivity index (χ0) is 21.1. The molecule has 30 heavy (non-hydrogen) atoms. The van der Waals surface area contributed by atoms with E-state index in [1.807, 2.05) is 6.07 Å². The molecular weight excluding hydrogens is 414 g/mol. The number of carbonyl (C=O) groups is 1. The predicted octanol–water partition coefficient (Wildman–Crippen LogP) is 6.55. The van der Waals surface area contributed by atoms with Gasteiger partial charge in [0.15, 0.2) is 0 Å². The van der Waals surface area contributed by atoms with Crippen LogP contribution in [0.5, 0.6) is 5.75 Å². The van der Waals surface area contributed by atoms with Crippen LogP contribution in [0.4, 0.5) is 0 Å². The van der Waals surface area contributed by atoms with E-state index in [2.05, 4.69) is 35.3 Å². The summed E-state index contributed by atoms with van der Waals surface area (Å²) in [4.78, 5) is 14.9. The van der Waals surface area contributed by atoms with Crippen LogP contribution in [-0.2, 0) is 4.79 Å². The van der Waals surface area contributed by atoms with Crippen molar-refractivity contribution >= 4 is 46.4 Å². The molecule has 1 aliphatic heterocycles. The summed E-state index contributed by atoms with van der Waals surface area (Å²) >= 11 is 8.06. The lowest BCUT2D eigenvalue weighted by atomic mass is 9.87. The van der Waals surface area contributed by atoms with Gasteiger partial charge in [-0.2, -0.15) is 0 Å². The summed E-state index contributed by atoms with van der Waals surface area (Å²) in [7, 11) is 1.72. The van der Waals surface area contributed by atoms with Crippen LogP contribution in [-0.4, -0.2) is 37.4 Å². The molecule has 0 amide bonds. The Balaban J connectivity index is 1.61. The van der Waals surface area contributed by atoms with Crippen LogP contribution in [0.25, 0.3) is 17.7 Å². The lowest BCUT2D eigenvalue weighted by Crippen LogP contribution is -2.32. The van der Waals surface area contributed by atoms with E-state index in [1.165, 1.54) is 32.7 Å². The zero-order valence-corrected chi connectivity index (χ0v) is 19.2. The van der Waals surface area contributed by atoms with Crippen molar-refractivity contribution < 1.29 is 9.53 Å². The van der Waals surface area contributed by atoms with Gasteiger partial charge in [0.2, 0.25) is 0 Å². The van der Waals surface area contributed by atoms with Crippen LogP contribution in [0.3, 0.4) is 0 Å². The highest BCUT2D eigenvalue weighted by Gasteiger charge is 2.24. The molecule has 1 saturated heterocycles. The molecule has 2 aromatic rings. The van der Waals surface area contributed by atoms with Crippen molar-refractivity contribution in [3.05, 3.63) is 55.7 Å². The Bertz CT molecular complexity index is 995. The standard InChI is InChI=1S/C25H28ClNO2S/c1-17(28)5-3-4-12-27-13-10-19(11-14-27)25-21-15-20(29-2)8-6-18(21)7-9-23-22(25)16-24(26)30-23/h6-9,15-16H,3-5,10-14H2,1-2H3. The van der Waals surface area contributed by atoms with Gasteiger partial charge in [-0.1, -0.05) is 29.3 Å². The lowest BCUT2D eigenvalue weighted by molar-refractivity contribution is -0.117. The highest BCUT2D eigenvalue weighted by molar-refractivity contribution is 7.17. The fraction of sp³-hybridized carbons (Fsp3) is 0.400. The van der Waals surface area contributed by atoms with E-state index >= 15 is 0 Å². The molecule has 1 aliphatic carbocycles. The minimum atomic E-state index is 0.293. The van der Waals surface area contributed by atoms with Gasteiger partial charge in [0.1, 0.15) is 11.5 Å². The number of rotatable bonds is 6. The number of unbranched alkanes of at least 4 members (excludes halogenated alkanes) is 1. The van der Waals surface area contributed by atoms with Gasteiger partial charge in [-0.05, 0) is 80.1 Å². The van der Waals surface area contributed by atoms with Crippen LogP contribution < -0.4 is 4.74 Å². The minimum absolute atomic E-state index is 0.293. The van der Waals surface area contributed by atoms with Crippen molar-refractivity contribution in [3.63, 3.8) is 0 Å². The molecule has 2 heterocycles. The average Bonchev–Trinajstić information content (AvgIpc) is 3.04. The number of ether oxygens (including phenoxy) is 1. The molecule has 0 radical (unpaired) electrons. The van der Waals surface area contributed by atoms with Gasteiger partial charge in [-0.3, -0.25) is 0 Å². The first kappa shape index (κ1) is 21.4. The topological polar surface area (TPSA) is 29.5 Å². The van der Waals surface area contributed by atoms with Gasteiger partial charge in [0.25, 0.3) is 0 Å². The Kier molecular flexibility index (Phi) is 6.77. The van der Waals surface area contributed by atoms with Crippen molar-refractivity contribution in [2.75, 3.05) is 26.7 Å². The van der Waals surface area contributed by atoms with E-state index in [0.29, 0.717) is 12.2 Å². The van der Waals surface area contributed by atoms with Crippen LogP contribution in [0, 0.1) is 0 Å². The summed E-state index contributed by atoms with van der Waals surface area (Å²) in [6, 6.07) is 8.46. The molecular formula is C25H28ClNO2S. The summed E-state index contributed by atoms with van der Waals surface area (Å²) in [6.45, 7) is 4.90. The largest absolute Gasteiger partial charge is 0.497 e. The van der Waals surface area contributed by atoms with Crippen molar-refractivity contribution in [2.24, 2.45) is 0 Å². The number of ketones is 1. The van der Waals surface area contributed by atoms with E-state index in [9.17, 15) is 4.79 Å². The number of piperidine rings is 1. The highest BCUT2D eigenvalue weighted by Crippen LogP contribution is 2.43. The number of thiophene rings is 1. The molecule has 0 atom stereocenters. The number of Topliss-reactive ketones (excluding diaryl/α,β-unsaturated/α-hetero) is 1. The molecule has 0 unspecified atom stereocenters. The number of likely N-dealkylation sites (tertiary alicyclic amines) is 1. The van der Waals surface area contributed by atoms with E-state index in [1.54, 1.807) is 25.4 Å². The zero-order valence-electron chi connectivity index (χ0n) is 17.7. The normalized spacial score (nSPS) is 16.2. The van der Waals surface area contributed by atoms with Crippen LogP contribution in [0.2, 0.25) is 4.34 Å². The van der Waals surface area contributed by atoms with Crippen LogP contribution >= 0.6 is 22.9 Å². The maximum Gasteiger partial charge on any atom is 0.129 e. The number of carbonyl (C=O) groups excluding carboxylic acids is 1. The molecule has 0 N–H and O–H groups in total. The SMILES string of the molecule is COc1ccc2c(c1)C(=C1CCN(CCCCC(C)=O)CC1)c1cc(Cl)sc1C=C2. The second kappa shape index (κ2) is 9.51. The first-order valence-electron chi connectivity index (χ1n) is 10.6. The molecule has 2 aliphatic rings. The molecule has 0 spiro atoms. The summed E-state index contributed by atoms with van der Waals surface area (Å²) < 4.78 is 6.37. The fourth-order valence-corrected chi connectivity index (χ4v) is 5.57. The third-order valence-corrected chi connectivity index (χ3v) is 7.24. The summed E-state index contributed by atoms with van der Waals surface area (Å²) in [6.07, 6.45) is 9.30. The Morgan fingerprint density at radius 1 is 1.13 bits per heavy atom. The molecule has 0 saturated carbocycles. The van der Waals surface area contributed by atoms with Crippen molar-refractivity contribution in [1.82, 2.24) is 4.90 Å². The van der Waals surface area contributed by atoms with Crippen molar-refractivity contribution in [2.45, 2.75) is 39.0 Å². The maximum absolute atomic E-state index is 11.1. The second-order valence-corrected chi connectivity index (χ2v) is 9.81. The number of hydrogen-bond donors (Lipinski definition) is 0. The molecule has 1 aromatic carbocycles. The minimum Gasteiger partial charge on any atom is -0.497 e. The van der Waals surface area contributed by atoms with Gasteiger partial charge in [0.05, 0.1) is 11.4 Å². The van der Waals surface area contributed by atoms with Gasteiger partial charge in [-0.25, -0.2) is 0 Å². The molecule has 1 aromatic heterocycles. The lowest BCUT2D eigenvalue weighted by Gasteiger charge is -2.30. The smallest absolute Gasteiger partial charge is 0.129 e. The molecule has 0 bridgehead atoms. The monoisotopic (exact) mass is 441 g/mol. The Hall–Kier alpha value is -1.88. The van der Waals surface area contributed by atoms with Gasteiger partial charge in [0, 0.05) is 30.0 Å². The average molecular weight is 442 g/mol. The van der Waals surface area contributed by atoms with Crippen LogP contribution in [0.15, 0.2) is 29.8 Å².